The topological polar surface area (TPSA) is 89.5 Å². The van der Waals surface area contributed by atoms with Gasteiger partial charge in [-0.1, -0.05) is 18.2 Å². The maximum absolute atomic E-state index is 11.9. The first-order valence-electron chi connectivity index (χ1n) is 7.56. The van der Waals surface area contributed by atoms with Gasteiger partial charge in [-0.2, -0.15) is 0 Å². The summed E-state index contributed by atoms with van der Waals surface area (Å²) in [7, 11) is -3.13. The number of hydrogen-bond donors (Lipinski definition) is 1. The number of amides is 1. The molecule has 1 amide bonds. The number of carbonyl (C=O) groups excluding carboxylic acids is 2. The lowest BCUT2D eigenvalue weighted by molar-refractivity contribution is -0.124. The van der Waals surface area contributed by atoms with E-state index >= 15 is 0 Å². The first-order chi connectivity index (χ1) is 11.8. The van der Waals surface area contributed by atoms with Crippen LogP contribution in [0.3, 0.4) is 0 Å². The van der Waals surface area contributed by atoms with Crippen molar-refractivity contribution in [2.24, 2.45) is 0 Å². The predicted molar refractivity (Wildman–Crippen MR) is 96.3 cm³/mol. The Balaban J connectivity index is 1.74. The SMILES string of the molecule is CS(=O)(=O)Cc1ccc(C(=O)OCC(=O)NCCc2cccs2)cc1. The summed E-state index contributed by atoms with van der Waals surface area (Å²) >= 11 is 1.62. The average Bonchev–Trinajstić information content (AvgIpc) is 3.05. The minimum Gasteiger partial charge on any atom is -0.452 e. The van der Waals surface area contributed by atoms with Crippen molar-refractivity contribution >= 4 is 33.1 Å². The van der Waals surface area contributed by atoms with Gasteiger partial charge in [0.05, 0.1) is 11.3 Å². The molecule has 0 saturated carbocycles. The molecule has 0 saturated heterocycles. The van der Waals surface area contributed by atoms with Gasteiger partial charge in [0.15, 0.2) is 16.4 Å². The Kier molecular flexibility index (Phi) is 6.72. The molecule has 1 heterocycles. The summed E-state index contributed by atoms with van der Waals surface area (Å²) in [5, 5.41) is 4.66. The third-order valence-electron chi connectivity index (χ3n) is 3.23. The fourth-order valence-corrected chi connectivity index (χ4v) is 3.59. The quantitative estimate of drug-likeness (QED) is 0.705. The second kappa shape index (κ2) is 8.77. The molecule has 0 spiro atoms. The molecule has 6 nitrogen and oxygen atoms in total. The summed E-state index contributed by atoms with van der Waals surface area (Å²) in [6.07, 6.45) is 1.88. The number of rotatable bonds is 8. The molecule has 0 bridgehead atoms. The highest BCUT2D eigenvalue weighted by Gasteiger charge is 2.11. The maximum Gasteiger partial charge on any atom is 0.338 e. The van der Waals surface area contributed by atoms with Crippen molar-refractivity contribution < 1.29 is 22.7 Å². The van der Waals surface area contributed by atoms with Crippen molar-refractivity contribution in [2.45, 2.75) is 12.2 Å². The lowest BCUT2D eigenvalue weighted by Crippen LogP contribution is -2.30. The highest BCUT2D eigenvalue weighted by atomic mass is 32.2. The number of carbonyl (C=O) groups is 2. The van der Waals surface area contributed by atoms with Gasteiger partial charge in [0, 0.05) is 17.7 Å². The Hall–Kier alpha value is -2.19. The summed E-state index contributed by atoms with van der Waals surface area (Å²) in [5.74, 6) is -1.08. The molecule has 0 fully saturated rings. The van der Waals surface area contributed by atoms with Crippen LogP contribution < -0.4 is 5.32 Å². The van der Waals surface area contributed by atoms with E-state index in [9.17, 15) is 18.0 Å². The summed E-state index contributed by atoms with van der Waals surface area (Å²) in [6.45, 7) is 0.130. The number of hydrogen-bond acceptors (Lipinski definition) is 6. The second-order valence-electron chi connectivity index (χ2n) is 5.52. The number of sulfone groups is 1. The average molecular weight is 381 g/mol. The van der Waals surface area contributed by atoms with Gasteiger partial charge in [-0.25, -0.2) is 13.2 Å². The molecular weight excluding hydrogens is 362 g/mol. The van der Waals surface area contributed by atoms with E-state index in [0.29, 0.717) is 12.1 Å². The second-order valence-corrected chi connectivity index (χ2v) is 8.69. The van der Waals surface area contributed by atoms with E-state index in [2.05, 4.69) is 5.32 Å². The van der Waals surface area contributed by atoms with Gasteiger partial charge in [-0.15, -0.1) is 11.3 Å². The molecule has 2 aromatic rings. The van der Waals surface area contributed by atoms with Gasteiger partial charge < -0.3 is 10.1 Å². The van der Waals surface area contributed by atoms with Crippen molar-refractivity contribution in [3.8, 4) is 0 Å². The van der Waals surface area contributed by atoms with Crippen LogP contribution in [0.1, 0.15) is 20.8 Å². The van der Waals surface area contributed by atoms with Gasteiger partial charge in [0.25, 0.3) is 5.91 Å². The molecule has 0 radical (unpaired) electrons. The van der Waals surface area contributed by atoms with Crippen LogP contribution >= 0.6 is 11.3 Å². The summed E-state index contributed by atoms with van der Waals surface area (Å²) < 4.78 is 27.4. The monoisotopic (exact) mass is 381 g/mol. The smallest absolute Gasteiger partial charge is 0.338 e. The van der Waals surface area contributed by atoms with Crippen LogP contribution in [0, 0.1) is 0 Å². The largest absolute Gasteiger partial charge is 0.452 e. The fourth-order valence-electron chi connectivity index (χ4n) is 2.09. The predicted octanol–water partition coefficient (Wildman–Crippen LogP) is 1.81. The molecule has 25 heavy (non-hydrogen) atoms. The zero-order valence-corrected chi connectivity index (χ0v) is 15.4. The summed E-state index contributed by atoms with van der Waals surface area (Å²) in [6, 6.07) is 10.0. The van der Waals surface area contributed by atoms with Crippen LogP contribution in [-0.4, -0.2) is 39.7 Å². The Bertz CT molecular complexity index is 811. The zero-order valence-electron chi connectivity index (χ0n) is 13.7. The normalized spacial score (nSPS) is 11.1. The molecule has 0 atom stereocenters. The molecule has 0 aliphatic heterocycles. The number of esters is 1. The molecule has 1 aromatic carbocycles. The van der Waals surface area contributed by atoms with E-state index in [0.717, 1.165) is 12.7 Å². The molecule has 1 aromatic heterocycles. The van der Waals surface area contributed by atoms with Crippen molar-refractivity contribution in [3.05, 3.63) is 57.8 Å². The van der Waals surface area contributed by atoms with Crippen LogP contribution in [-0.2, 0) is 31.5 Å². The molecule has 1 N–H and O–H groups in total. The van der Waals surface area contributed by atoms with Crippen molar-refractivity contribution in [2.75, 3.05) is 19.4 Å². The third-order valence-corrected chi connectivity index (χ3v) is 5.02. The van der Waals surface area contributed by atoms with Gasteiger partial charge in [-0.3, -0.25) is 4.79 Å². The van der Waals surface area contributed by atoms with E-state index in [1.54, 1.807) is 23.5 Å². The third kappa shape index (κ3) is 7.06. The van der Waals surface area contributed by atoms with E-state index in [4.69, 9.17) is 4.74 Å². The van der Waals surface area contributed by atoms with Crippen molar-refractivity contribution in [1.29, 1.82) is 0 Å². The molecule has 0 aliphatic rings. The number of thiophene rings is 1. The van der Waals surface area contributed by atoms with Gasteiger partial charge in [0.2, 0.25) is 0 Å². The number of benzene rings is 1. The maximum atomic E-state index is 11.9. The van der Waals surface area contributed by atoms with Crippen molar-refractivity contribution in [3.63, 3.8) is 0 Å². The van der Waals surface area contributed by atoms with Gasteiger partial charge in [-0.05, 0) is 35.6 Å². The molecule has 0 unspecified atom stereocenters. The molecule has 0 aliphatic carbocycles. The van der Waals surface area contributed by atoms with Crippen LogP contribution in [0.25, 0.3) is 0 Å². The van der Waals surface area contributed by atoms with Crippen LogP contribution in [0.2, 0.25) is 0 Å². The van der Waals surface area contributed by atoms with E-state index in [1.165, 1.54) is 17.0 Å². The molecule has 134 valence electrons. The highest BCUT2D eigenvalue weighted by molar-refractivity contribution is 7.89. The first kappa shape index (κ1) is 19.1. The number of nitrogens with one attached hydrogen (secondary N) is 1. The van der Waals surface area contributed by atoms with Crippen LogP contribution in [0.5, 0.6) is 0 Å². The Morgan fingerprint density at radius 1 is 1.16 bits per heavy atom. The van der Waals surface area contributed by atoms with E-state index in [-0.39, 0.29) is 23.8 Å². The summed E-state index contributed by atoms with van der Waals surface area (Å²) in [4.78, 5) is 24.7. The Labute approximate surface area is 150 Å². The van der Waals surface area contributed by atoms with Gasteiger partial charge in [0.1, 0.15) is 0 Å². The number of ether oxygens (including phenoxy) is 1. The Morgan fingerprint density at radius 3 is 2.48 bits per heavy atom. The molecule has 2 rings (SSSR count). The van der Waals surface area contributed by atoms with E-state index in [1.807, 2.05) is 17.5 Å². The van der Waals surface area contributed by atoms with Crippen LogP contribution in [0.15, 0.2) is 41.8 Å². The Morgan fingerprint density at radius 2 is 1.88 bits per heavy atom. The zero-order chi connectivity index (χ0) is 18.3. The minimum absolute atomic E-state index is 0.0883. The van der Waals surface area contributed by atoms with Crippen molar-refractivity contribution in [1.82, 2.24) is 5.32 Å². The lowest BCUT2D eigenvalue weighted by atomic mass is 10.1. The first-order valence-corrected chi connectivity index (χ1v) is 10.5. The molecule has 8 heteroatoms. The van der Waals surface area contributed by atoms with E-state index < -0.39 is 15.8 Å². The lowest BCUT2D eigenvalue weighted by Gasteiger charge is -2.07. The minimum atomic E-state index is -3.13. The molecular formula is C17H19NO5S2. The fraction of sp³-hybridized carbons (Fsp3) is 0.294. The van der Waals surface area contributed by atoms with Crippen LogP contribution in [0.4, 0.5) is 0 Å². The van der Waals surface area contributed by atoms with Gasteiger partial charge >= 0.3 is 5.97 Å². The standard InChI is InChI=1S/C17H19NO5S2/c1-25(21,22)12-13-4-6-14(7-5-13)17(20)23-11-16(19)18-9-8-15-3-2-10-24-15/h2-7,10H,8-9,11-12H2,1H3,(H,18,19). The highest BCUT2D eigenvalue weighted by Crippen LogP contribution is 2.09. The summed E-state index contributed by atoms with van der Waals surface area (Å²) in [5.41, 5.74) is 0.856.